The molecule has 0 N–H and O–H groups in total. The van der Waals surface area contributed by atoms with Crippen LogP contribution < -0.4 is 0 Å². The molecule has 0 spiro atoms. The summed E-state index contributed by atoms with van der Waals surface area (Å²) in [6, 6.07) is 9.74. The van der Waals surface area contributed by atoms with Gasteiger partial charge < -0.3 is 0 Å². The Morgan fingerprint density at radius 1 is 1.36 bits per heavy atom. The summed E-state index contributed by atoms with van der Waals surface area (Å²) in [6.07, 6.45) is 0. The third kappa shape index (κ3) is 2.35. The number of benzene rings is 1. The summed E-state index contributed by atoms with van der Waals surface area (Å²) in [5.74, 6) is 0. The molecule has 0 amide bonds. The molecule has 58 valence electrons. The fourth-order valence-corrected chi connectivity index (χ4v) is 1.05. The Morgan fingerprint density at radius 3 is 2.55 bits per heavy atom. The average molecular weight is 168 g/mol. The quantitative estimate of drug-likeness (QED) is 0.601. The van der Waals surface area contributed by atoms with Crippen molar-refractivity contribution in [2.45, 2.75) is 6.92 Å². The summed E-state index contributed by atoms with van der Waals surface area (Å²) < 4.78 is 0. The summed E-state index contributed by atoms with van der Waals surface area (Å²) >= 11 is 5.86. The molecule has 1 aromatic carbocycles. The van der Waals surface area contributed by atoms with Crippen LogP contribution in [0.25, 0.3) is 0 Å². The first kappa shape index (κ1) is 8.28. The lowest BCUT2D eigenvalue weighted by Gasteiger charge is -1.95. The van der Waals surface area contributed by atoms with E-state index < -0.39 is 0 Å². The molecule has 1 nitrogen and oxygen atoms in total. The fourth-order valence-electron chi connectivity index (χ4n) is 0.806. The van der Waals surface area contributed by atoms with Crippen LogP contribution in [0.15, 0.2) is 35.3 Å². The number of nitrogens with zero attached hydrogens (tertiary/aromatic N) is 1. The van der Waals surface area contributed by atoms with Crippen LogP contribution in [-0.2, 0) is 0 Å². The van der Waals surface area contributed by atoms with Gasteiger partial charge in [-0.2, -0.15) is 0 Å². The van der Waals surface area contributed by atoms with E-state index in [9.17, 15) is 0 Å². The van der Waals surface area contributed by atoms with Crippen molar-refractivity contribution in [3.8, 4) is 0 Å². The third-order valence-electron chi connectivity index (χ3n) is 1.31. The first-order valence-electron chi connectivity index (χ1n) is 3.60. The molecular weight excluding hydrogens is 158 g/mol. The van der Waals surface area contributed by atoms with Gasteiger partial charge in [0.15, 0.2) is 0 Å². The van der Waals surface area contributed by atoms with E-state index in [4.69, 9.17) is 11.6 Å². The smallest absolute Gasteiger partial charge is 0.130 e. The van der Waals surface area contributed by atoms with E-state index >= 15 is 0 Å². The maximum Gasteiger partial charge on any atom is 0.130 e. The normalized spacial score (nSPS) is 11.6. The zero-order valence-corrected chi connectivity index (χ0v) is 7.17. The van der Waals surface area contributed by atoms with Gasteiger partial charge in [0, 0.05) is 12.1 Å². The minimum absolute atomic E-state index is 0.591. The Kier molecular flexibility index (Phi) is 3.12. The van der Waals surface area contributed by atoms with Gasteiger partial charge in [-0.15, -0.1) is 0 Å². The highest BCUT2D eigenvalue weighted by atomic mass is 35.5. The lowest BCUT2D eigenvalue weighted by Crippen LogP contribution is -1.90. The van der Waals surface area contributed by atoms with Crippen molar-refractivity contribution in [1.29, 1.82) is 0 Å². The van der Waals surface area contributed by atoms with Gasteiger partial charge in [-0.3, -0.25) is 4.99 Å². The van der Waals surface area contributed by atoms with Gasteiger partial charge in [-0.25, -0.2) is 0 Å². The van der Waals surface area contributed by atoms with Crippen molar-refractivity contribution >= 4 is 16.8 Å². The van der Waals surface area contributed by atoms with Crippen molar-refractivity contribution in [3.05, 3.63) is 35.9 Å². The lowest BCUT2D eigenvalue weighted by atomic mass is 10.2. The molecule has 0 saturated heterocycles. The highest BCUT2D eigenvalue weighted by Gasteiger charge is 1.94. The van der Waals surface area contributed by atoms with E-state index in [1.54, 1.807) is 0 Å². The molecule has 0 saturated carbocycles. The second kappa shape index (κ2) is 4.14. The fraction of sp³-hybridized carbons (Fsp3) is 0.222. The molecule has 0 bridgehead atoms. The molecule has 0 fully saturated rings. The van der Waals surface area contributed by atoms with E-state index in [0.29, 0.717) is 5.17 Å². The monoisotopic (exact) mass is 167 g/mol. The van der Waals surface area contributed by atoms with Crippen LogP contribution in [0.3, 0.4) is 0 Å². The van der Waals surface area contributed by atoms with Crippen molar-refractivity contribution < 1.29 is 0 Å². The number of rotatable bonds is 2. The van der Waals surface area contributed by atoms with Crippen LogP contribution in [0.1, 0.15) is 12.5 Å². The molecule has 11 heavy (non-hydrogen) atoms. The highest BCUT2D eigenvalue weighted by molar-refractivity contribution is 6.69. The van der Waals surface area contributed by atoms with E-state index in [-0.39, 0.29) is 0 Å². The zero-order chi connectivity index (χ0) is 8.10. The molecule has 0 aromatic heterocycles. The molecule has 2 heteroatoms. The average Bonchev–Trinajstić information content (AvgIpc) is 2.07. The number of hydrogen-bond acceptors (Lipinski definition) is 1. The molecule has 1 aromatic rings. The summed E-state index contributed by atoms with van der Waals surface area (Å²) in [5.41, 5.74) is 0.982. The molecule has 0 heterocycles. The van der Waals surface area contributed by atoms with Crippen molar-refractivity contribution in [1.82, 2.24) is 0 Å². The molecule has 0 radical (unpaired) electrons. The maximum absolute atomic E-state index is 5.86. The minimum Gasteiger partial charge on any atom is -0.273 e. The molecule has 0 aliphatic rings. The minimum atomic E-state index is 0.591. The molecular formula is C9H10ClN. The Labute approximate surface area is 71.7 Å². The topological polar surface area (TPSA) is 12.4 Å². The first-order valence-corrected chi connectivity index (χ1v) is 3.97. The van der Waals surface area contributed by atoms with Crippen molar-refractivity contribution in [3.63, 3.8) is 0 Å². The van der Waals surface area contributed by atoms with E-state index in [1.165, 1.54) is 0 Å². The van der Waals surface area contributed by atoms with Gasteiger partial charge in [-0.1, -0.05) is 41.9 Å². The zero-order valence-electron chi connectivity index (χ0n) is 6.42. The van der Waals surface area contributed by atoms with Gasteiger partial charge >= 0.3 is 0 Å². The third-order valence-corrected chi connectivity index (χ3v) is 1.65. The van der Waals surface area contributed by atoms with Gasteiger partial charge in [0.2, 0.25) is 0 Å². The number of hydrogen-bond donors (Lipinski definition) is 0. The summed E-state index contributed by atoms with van der Waals surface area (Å²) in [4.78, 5) is 4.08. The molecule has 0 unspecified atom stereocenters. The first-order chi connectivity index (χ1) is 5.34. The number of halogens is 1. The lowest BCUT2D eigenvalue weighted by molar-refractivity contribution is 1.14. The van der Waals surface area contributed by atoms with Gasteiger partial charge in [0.05, 0.1) is 0 Å². The van der Waals surface area contributed by atoms with Crippen LogP contribution in [0.4, 0.5) is 0 Å². The molecule has 0 aliphatic heterocycles. The van der Waals surface area contributed by atoms with Crippen molar-refractivity contribution in [2.24, 2.45) is 4.99 Å². The van der Waals surface area contributed by atoms with Gasteiger partial charge in [0.1, 0.15) is 5.17 Å². The second-order valence-corrected chi connectivity index (χ2v) is 2.49. The van der Waals surface area contributed by atoms with Crippen LogP contribution in [0.5, 0.6) is 0 Å². The predicted molar refractivity (Wildman–Crippen MR) is 49.4 cm³/mol. The Morgan fingerprint density at radius 2 is 2.00 bits per heavy atom. The largest absolute Gasteiger partial charge is 0.273 e. The SMILES string of the molecule is CC/N=C(\Cl)c1ccccc1. The summed E-state index contributed by atoms with van der Waals surface area (Å²) in [6.45, 7) is 2.69. The van der Waals surface area contributed by atoms with E-state index in [2.05, 4.69) is 4.99 Å². The van der Waals surface area contributed by atoms with Gasteiger partial charge in [0.25, 0.3) is 0 Å². The summed E-state index contributed by atoms with van der Waals surface area (Å²) in [7, 11) is 0. The molecule has 0 atom stereocenters. The van der Waals surface area contributed by atoms with E-state index in [1.807, 2.05) is 37.3 Å². The van der Waals surface area contributed by atoms with Crippen LogP contribution >= 0.6 is 11.6 Å². The standard InChI is InChI=1S/C9H10ClN/c1-2-11-9(10)8-6-4-3-5-7-8/h3-7H,2H2,1H3/b11-9-. The molecule has 0 aliphatic carbocycles. The maximum atomic E-state index is 5.86. The Balaban J connectivity index is 2.85. The highest BCUT2D eigenvalue weighted by Crippen LogP contribution is 2.03. The Hall–Kier alpha value is -0.820. The predicted octanol–water partition coefficient (Wildman–Crippen LogP) is 2.69. The molecule has 1 rings (SSSR count). The van der Waals surface area contributed by atoms with Crippen molar-refractivity contribution in [2.75, 3.05) is 6.54 Å². The second-order valence-electron chi connectivity index (χ2n) is 2.13. The Bertz CT molecular complexity index is 241. The number of aliphatic imine (C=N–C) groups is 1. The van der Waals surface area contributed by atoms with Crippen LogP contribution in [-0.4, -0.2) is 11.7 Å². The van der Waals surface area contributed by atoms with E-state index in [0.717, 1.165) is 12.1 Å². The van der Waals surface area contributed by atoms with Crippen LogP contribution in [0, 0.1) is 0 Å². The van der Waals surface area contributed by atoms with Crippen LogP contribution in [0.2, 0.25) is 0 Å². The van der Waals surface area contributed by atoms with Gasteiger partial charge in [-0.05, 0) is 6.92 Å². The summed E-state index contributed by atoms with van der Waals surface area (Å²) in [5, 5.41) is 0.591.